The summed E-state index contributed by atoms with van der Waals surface area (Å²) >= 11 is 5.79. The predicted molar refractivity (Wildman–Crippen MR) is 155 cm³/mol. The molecule has 0 spiro atoms. The predicted octanol–water partition coefficient (Wildman–Crippen LogP) is 6.03. The van der Waals surface area contributed by atoms with Crippen molar-refractivity contribution in [2.75, 3.05) is 11.9 Å². The van der Waals surface area contributed by atoms with Crippen LogP contribution in [0.4, 0.5) is 5.69 Å². The summed E-state index contributed by atoms with van der Waals surface area (Å²) in [7, 11) is 0. The van der Waals surface area contributed by atoms with Gasteiger partial charge in [0.2, 0.25) is 5.91 Å². The molecule has 6 nitrogen and oxygen atoms in total. The summed E-state index contributed by atoms with van der Waals surface area (Å²) in [6.45, 7) is 0.479. The summed E-state index contributed by atoms with van der Waals surface area (Å²) in [6, 6.07) is 32.0. The molecular formula is C31H27N5OS. The minimum absolute atomic E-state index is 0.0500. The van der Waals surface area contributed by atoms with E-state index in [0.717, 1.165) is 33.4 Å². The number of anilines is 1. The van der Waals surface area contributed by atoms with Crippen LogP contribution in [-0.2, 0) is 4.79 Å². The highest BCUT2D eigenvalue weighted by Gasteiger charge is 2.40. The van der Waals surface area contributed by atoms with Crippen molar-refractivity contribution in [1.82, 2.24) is 19.8 Å². The summed E-state index contributed by atoms with van der Waals surface area (Å²) in [4.78, 5) is 19.8. The van der Waals surface area contributed by atoms with Gasteiger partial charge in [-0.25, -0.2) is 0 Å². The maximum absolute atomic E-state index is 13.1. The van der Waals surface area contributed by atoms with Gasteiger partial charge in [-0.05, 0) is 59.6 Å². The molecule has 188 valence electrons. The van der Waals surface area contributed by atoms with Crippen LogP contribution in [-0.4, -0.2) is 32.0 Å². The van der Waals surface area contributed by atoms with Crippen LogP contribution in [0.1, 0.15) is 29.8 Å². The summed E-state index contributed by atoms with van der Waals surface area (Å²) in [6.07, 6.45) is 6.30. The molecule has 2 atom stereocenters. The van der Waals surface area contributed by atoms with Gasteiger partial charge in [-0.15, -0.1) is 0 Å². The van der Waals surface area contributed by atoms with Gasteiger partial charge in [0.1, 0.15) is 0 Å². The van der Waals surface area contributed by atoms with E-state index in [1.807, 2.05) is 78.9 Å². The Morgan fingerprint density at radius 1 is 0.921 bits per heavy atom. The average molecular weight is 518 g/mol. The quantitative estimate of drug-likeness (QED) is 0.258. The molecule has 2 aromatic heterocycles. The number of carbonyl (C=O) groups is 1. The molecule has 0 aliphatic carbocycles. The summed E-state index contributed by atoms with van der Waals surface area (Å²) < 4.78 is 2.11. The number of rotatable bonds is 7. The number of thiocarbonyl (C=S) groups is 1. The van der Waals surface area contributed by atoms with E-state index < -0.39 is 0 Å². The highest BCUT2D eigenvalue weighted by Crippen LogP contribution is 2.39. The van der Waals surface area contributed by atoms with Crippen LogP contribution in [0.2, 0.25) is 0 Å². The summed E-state index contributed by atoms with van der Waals surface area (Å²) in [5.74, 6) is -0.0500. The average Bonchev–Trinajstić information content (AvgIpc) is 3.57. The molecule has 0 unspecified atom stereocenters. The topological polar surface area (TPSA) is 62.2 Å². The van der Waals surface area contributed by atoms with Crippen LogP contribution in [0.15, 0.2) is 116 Å². The Balaban J connectivity index is 1.25. The van der Waals surface area contributed by atoms with Crippen molar-refractivity contribution in [2.24, 2.45) is 0 Å². The largest absolute Gasteiger partial charge is 0.352 e. The van der Waals surface area contributed by atoms with Crippen molar-refractivity contribution < 1.29 is 4.79 Å². The first kappa shape index (κ1) is 23.9. The number of aromatic nitrogens is 2. The molecule has 1 aliphatic rings. The van der Waals surface area contributed by atoms with Crippen molar-refractivity contribution in [3.8, 4) is 5.69 Å². The molecule has 0 radical (unpaired) electrons. The SMILES string of the molecule is O=C(CCN1C(=S)N[C@@H](c2ccccn2)[C@@H]1c1ccn(-c2ccccc2)c1)Nc1cccc2ccccc12. The van der Waals surface area contributed by atoms with Crippen molar-refractivity contribution in [3.63, 3.8) is 0 Å². The first-order valence-corrected chi connectivity index (χ1v) is 13.1. The van der Waals surface area contributed by atoms with Gasteiger partial charge in [0.05, 0.1) is 17.8 Å². The van der Waals surface area contributed by atoms with Crippen molar-refractivity contribution in [1.29, 1.82) is 0 Å². The van der Waals surface area contributed by atoms with Gasteiger partial charge in [-0.3, -0.25) is 9.78 Å². The van der Waals surface area contributed by atoms with E-state index in [-0.39, 0.29) is 18.0 Å². The molecule has 3 heterocycles. The lowest BCUT2D eigenvalue weighted by molar-refractivity contribution is -0.116. The molecule has 3 aromatic carbocycles. The third kappa shape index (κ3) is 4.76. The monoisotopic (exact) mass is 517 g/mol. The minimum atomic E-state index is -0.128. The zero-order valence-corrected chi connectivity index (χ0v) is 21.5. The number of fused-ring (bicyclic) bond motifs is 1. The highest BCUT2D eigenvalue weighted by atomic mass is 32.1. The molecular weight excluding hydrogens is 490 g/mol. The fourth-order valence-corrected chi connectivity index (χ4v) is 5.46. The maximum Gasteiger partial charge on any atom is 0.226 e. The van der Waals surface area contributed by atoms with Crippen LogP contribution in [0.5, 0.6) is 0 Å². The molecule has 1 fully saturated rings. The van der Waals surface area contributed by atoms with Gasteiger partial charge in [0, 0.05) is 48.3 Å². The van der Waals surface area contributed by atoms with E-state index in [2.05, 4.69) is 55.7 Å². The first-order chi connectivity index (χ1) is 18.7. The van der Waals surface area contributed by atoms with Gasteiger partial charge in [0.25, 0.3) is 0 Å². The molecule has 2 N–H and O–H groups in total. The van der Waals surface area contributed by atoms with Crippen LogP contribution in [0.3, 0.4) is 0 Å². The second-order valence-electron chi connectivity index (χ2n) is 9.33. The van der Waals surface area contributed by atoms with Gasteiger partial charge < -0.3 is 20.1 Å². The molecule has 1 amide bonds. The second kappa shape index (κ2) is 10.5. The van der Waals surface area contributed by atoms with Crippen LogP contribution < -0.4 is 10.6 Å². The minimum Gasteiger partial charge on any atom is -0.352 e. The lowest BCUT2D eigenvalue weighted by Crippen LogP contribution is -2.32. The van der Waals surface area contributed by atoms with Gasteiger partial charge in [-0.1, -0.05) is 60.7 Å². The van der Waals surface area contributed by atoms with Crippen molar-refractivity contribution in [3.05, 3.63) is 127 Å². The van der Waals surface area contributed by atoms with E-state index in [9.17, 15) is 4.79 Å². The van der Waals surface area contributed by atoms with Crippen LogP contribution in [0.25, 0.3) is 16.5 Å². The van der Waals surface area contributed by atoms with Crippen LogP contribution >= 0.6 is 12.2 Å². The number of hydrogen-bond acceptors (Lipinski definition) is 3. The number of amides is 1. The Labute approximate surface area is 226 Å². The number of carbonyl (C=O) groups excluding carboxylic acids is 1. The Bertz CT molecular complexity index is 1580. The fraction of sp³-hybridized carbons (Fsp3) is 0.129. The van der Waals surface area contributed by atoms with Crippen LogP contribution in [0, 0.1) is 0 Å². The van der Waals surface area contributed by atoms with Gasteiger partial charge in [-0.2, -0.15) is 0 Å². The molecule has 1 aliphatic heterocycles. The van der Waals surface area contributed by atoms with E-state index in [0.29, 0.717) is 18.1 Å². The Morgan fingerprint density at radius 2 is 1.71 bits per heavy atom. The van der Waals surface area contributed by atoms with E-state index in [1.54, 1.807) is 6.20 Å². The number of benzene rings is 3. The lowest BCUT2D eigenvalue weighted by atomic mass is 9.99. The van der Waals surface area contributed by atoms with Gasteiger partial charge >= 0.3 is 0 Å². The van der Waals surface area contributed by atoms with Crippen molar-refractivity contribution in [2.45, 2.75) is 18.5 Å². The first-order valence-electron chi connectivity index (χ1n) is 12.7. The Kier molecular flexibility index (Phi) is 6.58. The normalized spacial score (nSPS) is 16.9. The Morgan fingerprint density at radius 3 is 2.55 bits per heavy atom. The molecule has 7 heteroatoms. The molecule has 6 rings (SSSR count). The number of para-hydroxylation sites is 1. The second-order valence-corrected chi connectivity index (χ2v) is 9.72. The molecule has 0 bridgehead atoms. The number of hydrogen-bond donors (Lipinski definition) is 2. The molecule has 0 saturated carbocycles. The standard InChI is InChI=1S/C31H27N5OS/c37-28(33-26-15-8-10-22-9-4-5-13-25(22)26)17-20-36-30(29(34-31(36)38)27-14-6-7-18-32-27)23-16-19-35(21-23)24-11-2-1-3-12-24/h1-16,18-19,21,29-30H,17,20H2,(H,33,37)(H,34,38)/t29-,30-/m0/s1. The number of pyridine rings is 1. The summed E-state index contributed by atoms with van der Waals surface area (Å²) in [5.41, 5.74) is 3.92. The summed E-state index contributed by atoms with van der Waals surface area (Å²) in [5, 5.41) is 9.31. The van der Waals surface area contributed by atoms with Crippen molar-refractivity contribution >= 4 is 39.7 Å². The smallest absolute Gasteiger partial charge is 0.226 e. The number of nitrogens with zero attached hydrogens (tertiary/aromatic N) is 3. The van der Waals surface area contributed by atoms with Gasteiger partial charge in [0.15, 0.2) is 5.11 Å². The van der Waals surface area contributed by atoms with E-state index in [1.165, 1.54) is 0 Å². The zero-order chi connectivity index (χ0) is 25.9. The van der Waals surface area contributed by atoms with E-state index in [4.69, 9.17) is 12.2 Å². The Hall–Kier alpha value is -4.49. The zero-order valence-electron chi connectivity index (χ0n) is 20.7. The third-order valence-corrected chi connectivity index (χ3v) is 7.31. The molecule has 38 heavy (non-hydrogen) atoms. The van der Waals surface area contributed by atoms with E-state index >= 15 is 0 Å². The maximum atomic E-state index is 13.1. The lowest BCUT2D eigenvalue weighted by Gasteiger charge is -2.27. The highest BCUT2D eigenvalue weighted by molar-refractivity contribution is 7.80. The third-order valence-electron chi connectivity index (χ3n) is 6.95. The number of nitrogens with one attached hydrogen (secondary N) is 2. The molecule has 1 saturated heterocycles. The molecule has 5 aromatic rings. The fourth-order valence-electron chi connectivity index (χ4n) is 5.13.